The Morgan fingerprint density at radius 1 is 1.23 bits per heavy atom. The summed E-state index contributed by atoms with van der Waals surface area (Å²) in [5.74, 6) is 0.574. The SMILES string of the molecule is CCOC(=O)C(C)CN1CCN([Si](C)(C)C(C)(C)C(C)C)C1. The summed E-state index contributed by atoms with van der Waals surface area (Å²) in [6, 6.07) is 0. The first-order chi connectivity index (χ1) is 10.0. The second-order valence-electron chi connectivity index (χ2n) is 8.07. The molecule has 1 aliphatic heterocycles. The number of nitrogens with zero attached hydrogens (tertiary/aromatic N) is 2. The number of carbonyl (C=O) groups excluding carboxylic acids is 1. The van der Waals surface area contributed by atoms with Crippen molar-refractivity contribution in [1.82, 2.24) is 9.47 Å². The van der Waals surface area contributed by atoms with Gasteiger partial charge in [-0.2, -0.15) is 0 Å². The molecule has 0 bridgehead atoms. The summed E-state index contributed by atoms with van der Waals surface area (Å²) in [5.41, 5.74) is 0. The lowest BCUT2D eigenvalue weighted by molar-refractivity contribution is -0.147. The molecule has 0 aromatic heterocycles. The zero-order valence-electron chi connectivity index (χ0n) is 15.9. The molecule has 130 valence electrons. The van der Waals surface area contributed by atoms with E-state index < -0.39 is 8.24 Å². The highest BCUT2D eigenvalue weighted by molar-refractivity contribution is 6.77. The molecule has 1 unspecified atom stereocenters. The van der Waals surface area contributed by atoms with Gasteiger partial charge < -0.3 is 9.30 Å². The molecule has 0 radical (unpaired) electrons. The second-order valence-corrected chi connectivity index (χ2v) is 13.1. The molecule has 22 heavy (non-hydrogen) atoms. The molecule has 1 saturated heterocycles. The van der Waals surface area contributed by atoms with Crippen molar-refractivity contribution in [2.75, 3.05) is 32.9 Å². The first kappa shape index (κ1) is 19.7. The fraction of sp³-hybridized carbons (Fsp3) is 0.941. The van der Waals surface area contributed by atoms with Crippen molar-refractivity contribution in [3.63, 3.8) is 0 Å². The number of hydrogen-bond acceptors (Lipinski definition) is 4. The Labute approximate surface area is 138 Å². The van der Waals surface area contributed by atoms with Gasteiger partial charge in [-0.1, -0.05) is 47.7 Å². The Morgan fingerprint density at radius 2 is 1.82 bits per heavy atom. The van der Waals surface area contributed by atoms with Crippen molar-refractivity contribution in [1.29, 1.82) is 0 Å². The third kappa shape index (κ3) is 4.12. The lowest BCUT2D eigenvalue weighted by Crippen LogP contribution is -2.57. The van der Waals surface area contributed by atoms with Gasteiger partial charge >= 0.3 is 5.97 Å². The maximum absolute atomic E-state index is 11.8. The Bertz CT molecular complexity index is 383. The van der Waals surface area contributed by atoms with Crippen LogP contribution in [0.5, 0.6) is 0 Å². The first-order valence-corrected chi connectivity index (χ1v) is 11.6. The van der Waals surface area contributed by atoms with Crippen molar-refractivity contribution in [3.8, 4) is 0 Å². The molecule has 5 heteroatoms. The summed E-state index contributed by atoms with van der Waals surface area (Å²) >= 11 is 0. The van der Waals surface area contributed by atoms with Crippen molar-refractivity contribution >= 4 is 14.2 Å². The Hall–Kier alpha value is -0.393. The van der Waals surface area contributed by atoms with E-state index in [9.17, 15) is 4.79 Å². The standard InChI is InChI=1S/C17H36N2O2Si/c1-9-21-16(20)15(4)12-18-10-11-19(13-18)22(7,8)17(5,6)14(2)3/h14-15H,9-13H2,1-8H3. The number of hydrogen-bond donors (Lipinski definition) is 0. The van der Waals surface area contributed by atoms with Crippen LogP contribution in [0.1, 0.15) is 41.5 Å². The van der Waals surface area contributed by atoms with Crippen LogP contribution in [-0.2, 0) is 9.53 Å². The average Bonchev–Trinajstić information content (AvgIpc) is 2.87. The number of ether oxygens (including phenoxy) is 1. The van der Waals surface area contributed by atoms with Gasteiger partial charge in [0.1, 0.15) is 8.24 Å². The van der Waals surface area contributed by atoms with Crippen LogP contribution >= 0.6 is 0 Å². The van der Waals surface area contributed by atoms with Gasteiger partial charge in [-0.15, -0.1) is 0 Å². The predicted molar refractivity (Wildman–Crippen MR) is 95.3 cm³/mol. The lowest BCUT2D eigenvalue weighted by atomic mass is 9.99. The molecule has 4 nitrogen and oxygen atoms in total. The fourth-order valence-corrected chi connectivity index (χ4v) is 6.55. The molecule has 1 rings (SSSR count). The maximum atomic E-state index is 11.8. The van der Waals surface area contributed by atoms with Crippen molar-refractivity contribution in [2.45, 2.75) is 59.7 Å². The van der Waals surface area contributed by atoms with E-state index >= 15 is 0 Å². The van der Waals surface area contributed by atoms with E-state index in [1.54, 1.807) is 0 Å². The van der Waals surface area contributed by atoms with Crippen molar-refractivity contribution in [3.05, 3.63) is 0 Å². The average molecular weight is 329 g/mol. The summed E-state index contributed by atoms with van der Waals surface area (Å²) in [6.45, 7) is 22.8. The third-order valence-electron chi connectivity index (χ3n) is 6.09. The Kier molecular flexibility index (Phi) is 6.66. The summed E-state index contributed by atoms with van der Waals surface area (Å²) in [5, 5.41) is 0.371. The summed E-state index contributed by atoms with van der Waals surface area (Å²) in [6.07, 6.45) is 0. The summed E-state index contributed by atoms with van der Waals surface area (Å²) in [4.78, 5) is 14.2. The zero-order chi connectivity index (χ0) is 17.1. The van der Waals surface area contributed by atoms with E-state index in [4.69, 9.17) is 4.74 Å². The quantitative estimate of drug-likeness (QED) is 0.530. The Morgan fingerprint density at radius 3 is 2.32 bits per heavy atom. The van der Waals surface area contributed by atoms with Gasteiger partial charge in [-0.3, -0.25) is 9.69 Å². The van der Waals surface area contributed by atoms with Crippen LogP contribution in [0.3, 0.4) is 0 Å². The van der Waals surface area contributed by atoms with E-state index in [-0.39, 0.29) is 11.9 Å². The van der Waals surface area contributed by atoms with Crippen molar-refractivity contribution < 1.29 is 9.53 Å². The number of esters is 1. The molecule has 0 aromatic rings. The van der Waals surface area contributed by atoms with Crippen LogP contribution in [0.4, 0.5) is 0 Å². The van der Waals surface area contributed by atoms with Gasteiger partial charge in [0.05, 0.1) is 12.5 Å². The zero-order valence-corrected chi connectivity index (χ0v) is 16.9. The van der Waals surface area contributed by atoms with Crippen LogP contribution in [0.15, 0.2) is 0 Å². The first-order valence-electron chi connectivity index (χ1n) is 8.68. The molecule has 1 fully saturated rings. The highest BCUT2D eigenvalue weighted by Crippen LogP contribution is 2.46. The fourth-order valence-electron chi connectivity index (χ4n) is 3.11. The third-order valence-corrected chi connectivity index (χ3v) is 11.8. The van der Waals surface area contributed by atoms with Gasteiger partial charge in [0.25, 0.3) is 0 Å². The monoisotopic (exact) mass is 328 g/mol. The molecule has 0 saturated carbocycles. The molecule has 1 aliphatic rings. The van der Waals surface area contributed by atoms with Gasteiger partial charge in [0, 0.05) is 26.3 Å². The van der Waals surface area contributed by atoms with Crippen LogP contribution in [0.25, 0.3) is 0 Å². The highest BCUT2D eigenvalue weighted by Gasteiger charge is 2.47. The Balaban J connectivity index is 2.64. The molecule has 0 amide bonds. The molecule has 0 N–H and O–H groups in total. The minimum atomic E-state index is -1.52. The van der Waals surface area contributed by atoms with Gasteiger partial charge in [-0.05, 0) is 17.9 Å². The minimum absolute atomic E-state index is 0.0391. The van der Waals surface area contributed by atoms with Crippen LogP contribution in [-0.4, -0.2) is 56.6 Å². The van der Waals surface area contributed by atoms with Gasteiger partial charge in [0.15, 0.2) is 0 Å². The van der Waals surface area contributed by atoms with Gasteiger partial charge in [-0.25, -0.2) is 0 Å². The van der Waals surface area contributed by atoms with E-state index in [0.29, 0.717) is 17.6 Å². The molecular weight excluding hydrogens is 292 g/mol. The van der Waals surface area contributed by atoms with Crippen molar-refractivity contribution in [2.24, 2.45) is 11.8 Å². The number of carbonyl (C=O) groups is 1. The van der Waals surface area contributed by atoms with Crippen LogP contribution in [0, 0.1) is 11.8 Å². The molecule has 0 aliphatic carbocycles. The smallest absolute Gasteiger partial charge is 0.309 e. The van der Waals surface area contributed by atoms with Gasteiger partial charge in [0.2, 0.25) is 0 Å². The molecular formula is C17H36N2O2Si. The largest absolute Gasteiger partial charge is 0.466 e. The minimum Gasteiger partial charge on any atom is -0.466 e. The predicted octanol–water partition coefficient (Wildman–Crippen LogP) is 3.40. The normalized spacial score (nSPS) is 19.7. The summed E-state index contributed by atoms with van der Waals surface area (Å²) < 4.78 is 7.82. The van der Waals surface area contributed by atoms with E-state index in [1.165, 1.54) is 0 Å². The molecule has 1 heterocycles. The van der Waals surface area contributed by atoms with E-state index in [2.05, 4.69) is 50.3 Å². The van der Waals surface area contributed by atoms with Crippen LogP contribution < -0.4 is 0 Å². The second kappa shape index (κ2) is 7.45. The lowest BCUT2D eigenvalue weighted by Gasteiger charge is -2.48. The molecule has 1 atom stereocenters. The summed E-state index contributed by atoms with van der Waals surface area (Å²) in [7, 11) is -1.52. The van der Waals surface area contributed by atoms with Crippen LogP contribution in [0.2, 0.25) is 18.1 Å². The van der Waals surface area contributed by atoms with E-state index in [0.717, 1.165) is 26.3 Å². The van der Waals surface area contributed by atoms with E-state index in [1.807, 2.05) is 13.8 Å². The number of rotatable bonds is 7. The highest BCUT2D eigenvalue weighted by atomic mass is 28.3. The molecule has 0 aromatic carbocycles. The topological polar surface area (TPSA) is 32.8 Å². The molecule has 0 spiro atoms. The maximum Gasteiger partial charge on any atom is 0.309 e.